The van der Waals surface area contributed by atoms with Crippen molar-refractivity contribution in [3.63, 3.8) is 0 Å². The third-order valence-electron chi connectivity index (χ3n) is 3.89. The molecule has 0 heterocycles. The normalized spacial score (nSPS) is 12.2. The Morgan fingerprint density at radius 2 is 1.45 bits per heavy atom. The van der Waals surface area contributed by atoms with Crippen LogP contribution in [0.2, 0.25) is 0 Å². The Morgan fingerprint density at radius 1 is 0.931 bits per heavy atom. The molecule has 1 unspecified atom stereocenters. The van der Waals surface area contributed by atoms with Crippen LogP contribution in [0.1, 0.15) is 12.5 Å². The molecule has 156 valence electrons. The Kier molecular flexibility index (Phi) is 7.60. The molecule has 0 bridgehead atoms. The molecule has 0 spiro atoms. The number of hydrogen-bond acceptors (Lipinski definition) is 3. The fourth-order valence-electron chi connectivity index (χ4n) is 2.69. The zero-order chi connectivity index (χ0) is 21.4. The lowest BCUT2D eigenvalue weighted by Crippen LogP contribution is -3.11. The third-order valence-corrected chi connectivity index (χ3v) is 3.89. The summed E-state index contributed by atoms with van der Waals surface area (Å²) in [5.74, 6) is -0.442. The van der Waals surface area contributed by atoms with Gasteiger partial charge in [-0.05, 0) is 31.2 Å². The lowest BCUT2D eigenvalue weighted by atomic mass is 10.1. The van der Waals surface area contributed by atoms with Crippen molar-refractivity contribution in [1.82, 2.24) is 0 Å². The summed E-state index contributed by atoms with van der Waals surface area (Å²) in [7, 11) is 1.60. The minimum Gasteiger partial charge on any atom is -0.492 e. The van der Waals surface area contributed by atoms with Crippen LogP contribution in [0.5, 0.6) is 5.75 Å². The molecule has 0 saturated heterocycles. The van der Waals surface area contributed by atoms with Crippen LogP contribution in [0.25, 0.3) is 0 Å². The second-order valence-corrected chi connectivity index (χ2v) is 6.38. The van der Waals surface area contributed by atoms with E-state index in [0.29, 0.717) is 22.9 Å². The number of carbonyl (C=O) groups excluding carboxylic acids is 2. The predicted octanol–water partition coefficient (Wildman–Crippen LogP) is 2.20. The molecule has 0 radical (unpaired) electrons. The number of hydrogen-bond donors (Lipinski definition) is 3. The highest BCUT2D eigenvalue weighted by molar-refractivity contribution is 5.94. The first-order chi connectivity index (χ1) is 13.7. The molecule has 1 atom stereocenters. The van der Waals surface area contributed by atoms with Gasteiger partial charge in [0, 0.05) is 0 Å². The third kappa shape index (κ3) is 6.79. The van der Waals surface area contributed by atoms with Crippen molar-refractivity contribution < 1.29 is 32.4 Å². The number of benzene rings is 2. The van der Waals surface area contributed by atoms with Crippen LogP contribution in [0.15, 0.2) is 48.5 Å². The van der Waals surface area contributed by atoms with Crippen molar-refractivity contribution in [2.45, 2.75) is 13.1 Å². The van der Waals surface area contributed by atoms with Gasteiger partial charge in [-0.15, -0.1) is 0 Å². The first kappa shape index (κ1) is 22.2. The molecule has 0 saturated carbocycles. The number of carbonyl (C=O) groups is 2. The summed E-state index contributed by atoms with van der Waals surface area (Å²) in [5, 5.41) is 4.98. The Morgan fingerprint density at radius 3 is 2.03 bits per heavy atom. The molecule has 0 aliphatic heterocycles. The standard InChI is InChI=1S/C20H22F3N3O3/c1-3-29-17-11-7-6-10-16(17)25-19(28)13-26(2)12-18(27)24-15-9-5-4-8-14(15)20(21,22)23/h4-11H,3,12-13H2,1-2H3,(H,24,27)(H,25,28)/p+1. The van der Waals surface area contributed by atoms with Crippen molar-refractivity contribution in [1.29, 1.82) is 0 Å². The monoisotopic (exact) mass is 410 g/mol. The van der Waals surface area contributed by atoms with E-state index in [0.717, 1.165) is 6.07 Å². The van der Waals surface area contributed by atoms with Crippen LogP contribution in [-0.4, -0.2) is 38.6 Å². The van der Waals surface area contributed by atoms with E-state index < -0.39 is 17.6 Å². The summed E-state index contributed by atoms with van der Waals surface area (Å²) in [6.45, 7) is 2.05. The molecule has 0 fully saturated rings. The van der Waals surface area contributed by atoms with E-state index in [9.17, 15) is 22.8 Å². The number of alkyl halides is 3. The number of rotatable bonds is 8. The number of likely N-dealkylation sites (N-methyl/N-ethyl adjacent to an activating group) is 1. The fraction of sp³-hybridized carbons (Fsp3) is 0.300. The fourth-order valence-corrected chi connectivity index (χ4v) is 2.69. The van der Waals surface area contributed by atoms with Gasteiger partial charge < -0.3 is 20.3 Å². The van der Waals surface area contributed by atoms with Crippen LogP contribution >= 0.6 is 0 Å². The number of anilines is 2. The largest absolute Gasteiger partial charge is 0.492 e. The van der Waals surface area contributed by atoms with Gasteiger partial charge in [0.2, 0.25) is 0 Å². The molecular formula is C20H23F3N3O3+. The minimum atomic E-state index is -4.57. The smallest absolute Gasteiger partial charge is 0.418 e. The first-order valence-corrected chi connectivity index (χ1v) is 8.99. The molecule has 2 rings (SSSR count). The van der Waals surface area contributed by atoms with Crippen molar-refractivity contribution in [2.24, 2.45) is 0 Å². The Bertz CT molecular complexity index is 856. The quantitative estimate of drug-likeness (QED) is 0.625. The van der Waals surface area contributed by atoms with Gasteiger partial charge in [-0.2, -0.15) is 13.2 Å². The van der Waals surface area contributed by atoms with Crippen molar-refractivity contribution >= 4 is 23.2 Å². The Labute approximate surface area is 166 Å². The van der Waals surface area contributed by atoms with Crippen molar-refractivity contribution in [2.75, 3.05) is 37.4 Å². The number of halogens is 3. The van der Waals surface area contributed by atoms with Crippen molar-refractivity contribution in [3.8, 4) is 5.75 Å². The van der Waals surface area contributed by atoms with E-state index in [-0.39, 0.29) is 24.7 Å². The van der Waals surface area contributed by atoms with E-state index in [1.165, 1.54) is 18.2 Å². The first-order valence-electron chi connectivity index (χ1n) is 8.99. The molecule has 0 aliphatic carbocycles. The van der Waals surface area contributed by atoms with Crippen LogP contribution in [0.4, 0.5) is 24.5 Å². The highest BCUT2D eigenvalue weighted by Crippen LogP contribution is 2.34. The summed E-state index contributed by atoms with van der Waals surface area (Å²) in [6.07, 6.45) is -4.57. The Hall–Kier alpha value is -3.07. The van der Waals surface area contributed by atoms with E-state index in [1.54, 1.807) is 31.3 Å². The second-order valence-electron chi connectivity index (χ2n) is 6.38. The summed E-state index contributed by atoms with van der Waals surface area (Å²) in [5.41, 5.74) is -0.722. The maximum Gasteiger partial charge on any atom is 0.418 e. The molecule has 9 heteroatoms. The molecule has 2 amide bonds. The van der Waals surface area contributed by atoms with E-state index in [4.69, 9.17) is 4.74 Å². The lowest BCUT2D eigenvalue weighted by Gasteiger charge is -2.16. The zero-order valence-electron chi connectivity index (χ0n) is 16.1. The molecular weight excluding hydrogens is 387 g/mol. The average Bonchev–Trinajstić information content (AvgIpc) is 2.62. The number of ether oxygens (including phenoxy) is 1. The summed E-state index contributed by atoms with van der Waals surface area (Å²) in [4.78, 5) is 24.9. The van der Waals surface area contributed by atoms with E-state index >= 15 is 0 Å². The average molecular weight is 410 g/mol. The van der Waals surface area contributed by atoms with Gasteiger partial charge in [-0.1, -0.05) is 24.3 Å². The molecule has 29 heavy (non-hydrogen) atoms. The highest BCUT2D eigenvalue weighted by Gasteiger charge is 2.33. The van der Waals surface area contributed by atoms with Gasteiger partial charge in [0.25, 0.3) is 11.8 Å². The highest BCUT2D eigenvalue weighted by atomic mass is 19.4. The summed E-state index contributed by atoms with van der Waals surface area (Å²) >= 11 is 0. The minimum absolute atomic E-state index is 0.0468. The van der Waals surface area contributed by atoms with Crippen LogP contribution in [0.3, 0.4) is 0 Å². The van der Waals surface area contributed by atoms with Gasteiger partial charge in [0.15, 0.2) is 13.1 Å². The maximum absolute atomic E-state index is 13.0. The summed E-state index contributed by atoms with van der Waals surface area (Å²) < 4.78 is 44.5. The van der Waals surface area contributed by atoms with Crippen LogP contribution in [0, 0.1) is 0 Å². The number of nitrogens with one attached hydrogen (secondary N) is 3. The maximum atomic E-state index is 13.0. The van der Waals surface area contributed by atoms with Gasteiger partial charge in [-0.3, -0.25) is 9.59 Å². The lowest BCUT2D eigenvalue weighted by molar-refractivity contribution is -0.862. The number of para-hydroxylation sites is 3. The predicted molar refractivity (Wildman–Crippen MR) is 103 cm³/mol. The Balaban J connectivity index is 1.92. The molecule has 6 nitrogen and oxygen atoms in total. The zero-order valence-corrected chi connectivity index (χ0v) is 16.1. The second kappa shape index (κ2) is 9.92. The van der Waals surface area contributed by atoms with Crippen LogP contribution in [-0.2, 0) is 15.8 Å². The van der Waals surface area contributed by atoms with Crippen molar-refractivity contribution in [3.05, 3.63) is 54.1 Å². The van der Waals surface area contributed by atoms with E-state index in [2.05, 4.69) is 10.6 Å². The van der Waals surface area contributed by atoms with Gasteiger partial charge in [0.1, 0.15) is 5.75 Å². The molecule has 2 aromatic rings. The van der Waals surface area contributed by atoms with Gasteiger partial charge >= 0.3 is 6.18 Å². The van der Waals surface area contributed by atoms with E-state index in [1.807, 2.05) is 6.92 Å². The van der Waals surface area contributed by atoms with Crippen LogP contribution < -0.4 is 20.3 Å². The topological polar surface area (TPSA) is 71.9 Å². The van der Waals surface area contributed by atoms with Gasteiger partial charge in [-0.25, -0.2) is 0 Å². The molecule has 0 aliphatic rings. The molecule has 3 N–H and O–H groups in total. The number of quaternary nitrogens is 1. The van der Waals surface area contributed by atoms with Gasteiger partial charge in [0.05, 0.1) is 30.6 Å². The number of amides is 2. The SMILES string of the molecule is CCOc1ccccc1NC(=O)C[NH+](C)CC(=O)Nc1ccccc1C(F)(F)F. The molecule has 0 aromatic heterocycles. The summed E-state index contributed by atoms with van der Waals surface area (Å²) in [6, 6.07) is 11.7. The molecule has 2 aromatic carbocycles.